The molecule has 0 bridgehead atoms. The highest BCUT2D eigenvalue weighted by atomic mass is 16.5. The Morgan fingerprint density at radius 2 is 1.71 bits per heavy atom. The average molecular weight is 664 g/mol. The molecule has 2 N–H and O–H groups in total. The average Bonchev–Trinajstić information content (AvgIpc) is 3.53. The van der Waals surface area contributed by atoms with Crippen LogP contribution in [0.2, 0.25) is 0 Å². The highest BCUT2D eigenvalue weighted by Gasteiger charge is 2.67. The van der Waals surface area contributed by atoms with Crippen molar-refractivity contribution in [3.05, 3.63) is 29.4 Å². The molecule has 4 fully saturated rings. The quantitative estimate of drug-likeness (QED) is 0.304. The Hall–Kier alpha value is -2.97. The van der Waals surface area contributed by atoms with Crippen LogP contribution in [0.25, 0.3) is 0 Å². The molecule has 48 heavy (non-hydrogen) atoms. The number of allylic oxidation sites excluding steroid dienone is 1. The summed E-state index contributed by atoms with van der Waals surface area (Å²) in [5, 5.41) is 13.0. The summed E-state index contributed by atoms with van der Waals surface area (Å²) in [6.07, 6.45) is 11.1. The number of imidazole rings is 1. The lowest BCUT2D eigenvalue weighted by Crippen LogP contribution is -2.64. The Kier molecular flexibility index (Phi) is 8.39. The number of aryl methyl sites for hydroxylation is 1. The van der Waals surface area contributed by atoms with Gasteiger partial charge in [-0.3, -0.25) is 19.2 Å². The van der Waals surface area contributed by atoms with Gasteiger partial charge in [-0.2, -0.15) is 0 Å². The monoisotopic (exact) mass is 663 g/mol. The highest BCUT2D eigenvalue weighted by molar-refractivity contribution is 6.03. The second kappa shape index (κ2) is 11.5. The summed E-state index contributed by atoms with van der Waals surface area (Å²) in [5.41, 5.74) is 0.279. The normalized spacial score (nSPS) is 37.3. The maximum atomic E-state index is 13.8. The Labute approximate surface area is 286 Å². The van der Waals surface area contributed by atoms with Crippen molar-refractivity contribution in [3.63, 3.8) is 0 Å². The van der Waals surface area contributed by atoms with Gasteiger partial charge in [0.2, 0.25) is 0 Å². The number of hydrogen-bond acceptors (Lipinski definition) is 6. The molecule has 4 unspecified atom stereocenters. The Balaban J connectivity index is 1.27. The number of carboxylic acids is 1. The number of carboxylic acid groups (broad SMARTS) is 1. The predicted octanol–water partition coefficient (Wildman–Crippen LogP) is 6.91. The molecule has 264 valence electrons. The predicted molar refractivity (Wildman–Crippen MR) is 182 cm³/mol. The van der Waals surface area contributed by atoms with Gasteiger partial charge in [0.05, 0.1) is 17.4 Å². The van der Waals surface area contributed by atoms with E-state index in [9.17, 15) is 24.3 Å². The molecule has 1 aromatic rings. The SMILES string of the molecule is CC(C)C1=C2C3CCC4[C@@](C)(CCC5C(C)(C)[C@@H](OC(=O)CC(C)(C)C(=O)O)CC[C@@]54C)C3CC[C@@]2(NC(=O)c2nccn2C)CC1=O. The highest BCUT2D eigenvalue weighted by Crippen LogP contribution is 2.72. The number of aliphatic carboxylic acids is 1. The zero-order valence-corrected chi connectivity index (χ0v) is 30.6. The first-order valence-electron chi connectivity index (χ1n) is 18.3. The Morgan fingerprint density at radius 3 is 2.33 bits per heavy atom. The molecule has 9 heteroatoms. The van der Waals surface area contributed by atoms with Crippen LogP contribution in [0.1, 0.15) is 130 Å². The summed E-state index contributed by atoms with van der Waals surface area (Å²) in [7, 11) is 1.82. The number of fused-ring (bicyclic) bond motifs is 7. The van der Waals surface area contributed by atoms with Crippen molar-refractivity contribution in [1.29, 1.82) is 0 Å². The van der Waals surface area contributed by atoms with Gasteiger partial charge in [0.1, 0.15) is 6.10 Å². The molecule has 0 radical (unpaired) electrons. The van der Waals surface area contributed by atoms with Gasteiger partial charge in [-0.15, -0.1) is 0 Å². The summed E-state index contributed by atoms with van der Waals surface area (Å²) in [4.78, 5) is 56.4. The lowest BCUT2D eigenvalue weighted by atomic mass is 9.37. The van der Waals surface area contributed by atoms with Crippen LogP contribution in [0, 0.1) is 51.2 Å². The molecule has 0 aliphatic heterocycles. The van der Waals surface area contributed by atoms with Crippen LogP contribution in [0.15, 0.2) is 23.5 Å². The van der Waals surface area contributed by atoms with Gasteiger partial charge in [0.25, 0.3) is 5.91 Å². The molecule has 8 atom stereocenters. The number of nitrogens with zero attached hydrogens (tertiary/aromatic N) is 2. The molecular formula is C39H57N3O6. The number of amides is 1. The van der Waals surface area contributed by atoms with Gasteiger partial charge in [-0.05, 0) is 117 Å². The summed E-state index contributed by atoms with van der Waals surface area (Å²) in [6, 6.07) is 0. The lowest BCUT2D eigenvalue weighted by Gasteiger charge is -2.68. The minimum absolute atomic E-state index is 0.0758. The van der Waals surface area contributed by atoms with Crippen molar-refractivity contribution in [2.24, 2.45) is 58.3 Å². The molecule has 1 amide bonds. The van der Waals surface area contributed by atoms with E-state index >= 15 is 0 Å². The first-order chi connectivity index (χ1) is 22.3. The third-order valence-electron chi connectivity index (χ3n) is 14.3. The number of hydrogen-bond donors (Lipinski definition) is 2. The van der Waals surface area contributed by atoms with Crippen LogP contribution >= 0.6 is 0 Å². The van der Waals surface area contributed by atoms with Gasteiger partial charge < -0.3 is 19.7 Å². The standard InChI is InChI=1S/C39H57N3O6/c1-22(2)30-25(43)20-39(41-33(45)32-40-18-19-42(32)9)17-12-24-23(31(30)39)10-11-27-37(24,7)15-13-26-36(5,6)28(14-16-38(26,27)8)48-29(44)21-35(3,4)34(46)47/h18-19,22-24,26-28H,10-17,20-21H2,1-9H3,(H,41,45)(H,46,47)/t23?,24?,26?,27?,28-,37-,38-,39+/m0/s1. The molecule has 0 saturated heterocycles. The largest absolute Gasteiger partial charge is 0.481 e. The summed E-state index contributed by atoms with van der Waals surface area (Å²) in [6.45, 7) is 16.9. The molecule has 4 saturated carbocycles. The number of rotatable bonds is 7. The van der Waals surface area contributed by atoms with E-state index in [4.69, 9.17) is 4.74 Å². The number of nitrogens with one attached hydrogen (secondary N) is 1. The number of Topliss-reactive ketones (excluding diaryl/α,β-unsaturated/α-hetero) is 1. The molecule has 1 heterocycles. The summed E-state index contributed by atoms with van der Waals surface area (Å²) >= 11 is 0. The van der Waals surface area contributed by atoms with Crippen LogP contribution in [0.4, 0.5) is 0 Å². The van der Waals surface area contributed by atoms with E-state index in [0.717, 1.165) is 56.9 Å². The summed E-state index contributed by atoms with van der Waals surface area (Å²) < 4.78 is 7.86. The molecule has 5 aliphatic carbocycles. The zero-order chi connectivity index (χ0) is 35.2. The van der Waals surface area contributed by atoms with Gasteiger partial charge in [0.15, 0.2) is 11.6 Å². The van der Waals surface area contributed by atoms with E-state index in [0.29, 0.717) is 30.0 Å². The van der Waals surface area contributed by atoms with E-state index < -0.39 is 22.9 Å². The van der Waals surface area contributed by atoms with Crippen LogP contribution in [0.5, 0.6) is 0 Å². The number of aromatic nitrogens is 2. The fourth-order valence-corrected chi connectivity index (χ4v) is 12.1. The maximum Gasteiger partial charge on any atom is 0.309 e. The van der Waals surface area contributed by atoms with E-state index in [1.54, 1.807) is 30.8 Å². The molecule has 0 spiro atoms. The lowest BCUT2D eigenvalue weighted by molar-refractivity contribution is -0.213. The number of esters is 1. The van der Waals surface area contributed by atoms with Crippen molar-refractivity contribution in [3.8, 4) is 0 Å². The van der Waals surface area contributed by atoms with Gasteiger partial charge in [0, 0.05) is 31.3 Å². The van der Waals surface area contributed by atoms with Gasteiger partial charge >= 0.3 is 11.9 Å². The van der Waals surface area contributed by atoms with E-state index in [1.165, 1.54) is 5.57 Å². The third-order valence-corrected chi connectivity index (χ3v) is 14.3. The van der Waals surface area contributed by atoms with Crippen molar-refractivity contribution in [2.45, 2.75) is 131 Å². The fraction of sp³-hybridized carbons (Fsp3) is 0.769. The first kappa shape index (κ1) is 34.9. The van der Waals surface area contributed by atoms with Crippen LogP contribution < -0.4 is 5.32 Å². The fourth-order valence-electron chi connectivity index (χ4n) is 12.1. The first-order valence-corrected chi connectivity index (χ1v) is 18.3. The van der Waals surface area contributed by atoms with E-state index in [1.807, 2.05) is 7.05 Å². The van der Waals surface area contributed by atoms with Crippen LogP contribution in [-0.2, 0) is 26.2 Å². The van der Waals surface area contributed by atoms with Crippen molar-refractivity contribution in [1.82, 2.24) is 14.9 Å². The van der Waals surface area contributed by atoms with Crippen LogP contribution in [0.3, 0.4) is 0 Å². The second-order valence-electron chi connectivity index (χ2n) is 18.2. The number of ether oxygens (including phenoxy) is 1. The second-order valence-corrected chi connectivity index (χ2v) is 18.2. The minimum atomic E-state index is -1.16. The number of carbonyl (C=O) groups is 4. The number of carbonyl (C=O) groups excluding carboxylic acids is 3. The zero-order valence-electron chi connectivity index (χ0n) is 30.6. The van der Waals surface area contributed by atoms with Crippen molar-refractivity contribution >= 4 is 23.6 Å². The third kappa shape index (κ3) is 5.19. The van der Waals surface area contributed by atoms with E-state index in [-0.39, 0.29) is 52.3 Å². The van der Waals surface area contributed by atoms with Gasteiger partial charge in [-0.25, -0.2) is 4.98 Å². The Bertz CT molecular complexity index is 1550. The number of ketones is 1. The van der Waals surface area contributed by atoms with Crippen molar-refractivity contribution < 1.29 is 29.0 Å². The van der Waals surface area contributed by atoms with Gasteiger partial charge in [-0.1, -0.05) is 41.5 Å². The molecular weight excluding hydrogens is 606 g/mol. The van der Waals surface area contributed by atoms with E-state index in [2.05, 4.69) is 51.8 Å². The maximum absolute atomic E-state index is 13.8. The Morgan fingerprint density at radius 1 is 1.02 bits per heavy atom. The van der Waals surface area contributed by atoms with Crippen molar-refractivity contribution in [2.75, 3.05) is 0 Å². The van der Waals surface area contributed by atoms with Crippen LogP contribution in [-0.4, -0.2) is 49.9 Å². The summed E-state index contributed by atoms with van der Waals surface area (Å²) in [5.74, 6) is 0.577. The molecule has 5 aliphatic rings. The molecule has 6 rings (SSSR count). The molecule has 9 nitrogen and oxygen atoms in total. The minimum Gasteiger partial charge on any atom is -0.481 e. The molecule has 1 aromatic heterocycles. The molecule has 0 aromatic carbocycles. The smallest absolute Gasteiger partial charge is 0.309 e. The topological polar surface area (TPSA) is 128 Å².